The van der Waals surface area contributed by atoms with Crippen LogP contribution in [0.3, 0.4) is 0 Å². The molecule has 0 N–H and O–H groups in total. The van der Waals surface area contributed by atoms with E-state index < -0.39 is 5.97 Å². The molecule has 0 fully saturated rings. The van der Waals surface area contributed by atoms with E-state index in [9.17, 15) is 9.59 Å². The van der Waals surface area contributed by atoms with E-state index in [-0.39, 0.29) is 18.8 Å². The van der Waals surface area contributed by atoms with Crippen molar-refractivity contribution in [3.63, 3.8) is 0 Å². The average molecular weight is 324 g/mol. The summed E-state index contributed by atoms with van der Waals surface area (Å²) in [5, 5.41) is 0. The molecule has 0 radical (unpaired) electrons. The lowest BCUT2D eigenvalue weighted by Gasteiger charge is -2.08. The van der Waals surface area contributed by atoms with Gasteiger partial charge in [-0.3, -0.25) is 9.20 Å². The van der Waals surface area contributed by atoms with Gasteiger partial charge in [0.05, 0.1) is 5.69 Å². The van der Waals surface area contributed by atoms with E-state index in [1.54, 1.807) is 18.2 Å². The Morgan fingerprint density at radius 3 is 2.71 bits per heavy atom. The molecule has 0 bridgehead atoms. The van der Waals surface area contributed by atoms with Crippen LogP contribution in [0.4, 0.5) is 0 Å². The molecule has 0 aliphatic carbocycles. The van der Waals surface area contributed by atoms with Crippen LogP contribution in [0.5, 0.6) is 5.75 Å². The van der Waals surface area contributed by atoms with Gasteiger partial charge < -0.3 is 9.47 Å². The van der Waals surface area contributed by atoms with Crippen LogP contribution >= 0.6 is 0 Å². The predicted molar refractivity (Wildman–Crippen MR) is 87.9 cm³/mol. The zero-order valence-corrected chi connectivity index (χ0v) is 13.1. The summed E-state index contributed by atoms with van der Waals surface area (Å²) >= 11 is 0. The van der Waals surface area contributed by atoms with Crippen molar-refractivity contribution in [1.82, 2.24) is 9.38 Å². The third-order valence-corrected chi connectivity index (χ3v) is 3.41. The highest BCUT2D eigenvalue weighted by Gasteiger charge is 2.08. The van der Waals surface area contributed by atoms with Gasteiger partial charge in [-0.1, -0.05) is 24.3 Å². The molecule has 0 aliphatic heterocycles. The molecular weight excluding hydrogens is 308 g/mol. The monoisotopic (exact) mass is 324 g/mol. The molecule has 0 saturated heterocycles. The lowest BCUT2D eigenvalue weighted by atomic mass is 10.3. The Kier molecular flexibility index (Phi) is 4.56. The van der Waals surface area contributed by atoms with Gasteiger partial charge in [-0.2, -0.15) is 0 Å². The van der Waals surface area contributed by atoms with Crippen molar-refractivity contribution in [3.8, 4) is 5.75 Å². The summed E-state index contributed by atoms with van der Waals surface area (Å²) in [7, 11) is 0. The molecule has 6 heteroatoms. The van der Waals surface area contributed by atoms with Crippen molar-refractivity contribution in [2.45, 2.75) is 13.5 Å². The smallest absolute Gasteiger partial charge is 0.344 e. The fraction of sp³-hybridized carbons (Fsp3) is 0.167. The van der Waals surface area contributed by atoms with E-state index in [1.807, 2.05) is 37.3 Å². The normalized spacial score (nSPS) is 10.5. The van der Waals surface area contributed by atoms with E-state index >= 15 is 0 Å². The van der Waals surface area contributed by atoms with Crippen molar-refractivity contribution in [2.75, 3.05) is 6.61 Å². The number of hydrogen-bond donors (Lipinski definition) is 0. The molecule has 0 unspecified atom stereocenters. The summed E-state index contributed by atoms with van der Waals surface area (Å²) in [5.41, 5.74) is 1.52. The van der Waals surface area contributed by atoms with Crippen molar-refractivity contribution in [3.05, 3.63) is 76.3 Å². The summed E-state index contributed by atoms with van der Waals surface area (Å²) in [4.78, 5) is 28.2. The Labute approximate surface area is 138 Å². The van der Waals surface area contributed by atoms with Crippen molar-refractivity contribution in [2.24, 2.45) is 0 Å². The van der Waals surface area contributed by atoms with Gasteiger partial charge in [0, 0.05) is 11.8 Å². The number of carbonyl (C=O) groups excluding carboxylic acids is 1. The van der Waals surface area contributed by atoms with Gasteiger partial charge in [0.1, 0.15) is 18.0 Å². The number of rotatable bonds is 5. The van der Waals surface area contributed by atoms with Gasteiger partial charge in [-0.25, -0.2) is 9.78 Å². The van der Waals surface area contributed by atoms with E-state index in [0.29, 0.717) is 17.1 Å². The van der Waals surface area contributed by atoms with Gasteiger partial charge in [-0.15, -0.1) is 0 Å². The molecule has 3 rings (SSSR count). The maximum Gasteiger partial charge on any atom is 0.344 e. The lowest BCUT2D eigenvalue weighted by Crippen LogP contribution is -2.19. The second kappa shape index (κ2) is 6.95. The fourth-order valence-electron chi connectivity index (χ4n) is 2.29. The zero-order valence-electron chi connectivity index (χ0n) is 13.1. The van der Waals surface area contributed by atoms with E-state index in [2.05, 4.69) is 4.98 Å². The fourth-order valence-corrected chi connectivity index (χ4v) is 2.29. The summed E-state index contributed by atoms with van der Waals surface area (Å²) in [6, 6.07) is 15.7. The molecule has 0 aliphatic rings. The average Bonchev–Trinajstić information content (AvgIpc) is 2.59. The summed E-state index contributed by atoms with van der Waals surface area (Å²) in [6.45, 7) is 1.56. The van der Waals surface area contributed by atoms with Crippen LogP contribution in [0.2, 0.25) is 0 Å². The number of aromatic nitrogens is 2. The maximum absolute atomic E-state index is 12.1. The molecule has 2 aromatic heterocycles. The second-order valence-electron chi connectivity index (χ2n) is 5.21. The Hall–Kier alpha value is -3.15. The van der Waals surface area contributed by atoms with Crippen LogP contribution in [0.25, 0.3) is 5.65 Å². The van der Waals surface area contributed by atoms with Gasteiger partial charge in [-0.05, 0) is 31.2 Å². The number of hydrogen-bond acceptors (Lipinski definition) is 5. The van der Waals surface area contributed by atoms with Crippen molar-refractivity contribution < 1.29 is 14.3 Å². The number of aryl methyl sites for hydroxylation is 1. The number of nitrogens with zero attached hydrogens (tertiary/aromatic N) is 2. The molecule has 24 heavy (non-hydrogen) atoms. The van der Waals surface area contributed by atoms with Gasteiger partial charge >= 0.3 is 5.97 Å². The number of fused-ring (bicyclic) bond motifs is 1. The Morgan fingerprint density at radius 2 is 1.92 bits per heavy atom. The third-order valence-electron chi connectivity index (χ3n) is 3.41. The van der Waals surface area contributed by atoms with Crippen molar-refractivity contribution in [1.29, 1.82) is 0 Å². The Morgan fingerprint density at radius 1 is 1.12 bits per heavy atom. The van der Waals surface area contributed by atoms with Crippen LogP contribution in [-0.2, 0) is 16.1 Å². The van der Waals surface area contributed by atoms with Crippen LogP contribution < -0.4 is 10.3 Å². The number of para-hydroxylation sites is 1. The Bertz CT molecular complexity index is 919. The first-order valence-corrected chi connectivity index (χ1v) is 7.45. The third kappa shape index (κ3) is 3.60. The number of pyridine rings is 1. The highest BCUT2D eigenvalue weighted by atomic mass is 16.6. The topological polar surface area (TPSA) is 69.9 Å². The predicted octanol–water partition coefficient (Wildman–Crippen LogP) is 2.13. The van der Waals surface area contributed by atoms with Crippen LogP contribution in [0, 0.1) is 6.92 Å². The summed E-state index contributed by atoms with van der Waals surface area (Å²) in [6.07, 6.45) is 0. The summed E-state index contributed by atoms with van der Waals surface area (Å²) < 4.78 is 11.9. The number of ether oxygens (including phenoxy) is 2. The second-order valence-corrected chi connectivity index (χ2v) is 5.21. The lowest BCUT2D eigenvalue weighted by molar-refractivity contribution is -0.147. The minimum Gasteiger partial charge on any atom is -0.482 e. The number of carbonyl (C=O) groups is 1. The first-order chi connectivity index (χ1) is 11.6. The SMILES string of the molecule is Cc1cccc2nc(COC(=O)COc3ccccc3)cc(=O)n12. The molecule has 0 atom stereocenters. The first-order valence-electron chi connectivity index (χ1n) is 7.45. The van der Waals surface area contributed by atoms with E-state index in [0.717, 1.165) is 5.69 Å². The zero-order chi connectivity index (χ0) is 16.9. The summed E-state index contributed by atoms with van der Waals surface area (Å²) in [5.74, 6) is 0.0668. The molecule has 1 aromatic carbocycles. The molecule has 3 aromatic rings. The van der Waals surface area contributed by atoms with E-state index in [1.165, 1.54) is 10.5 Å². The largest absolute Gasteiger partial charge is 0.482 e. The molecule has 6 nitrogen and oxygen atoms in total. The minimum atomic E-state index is -0.523. The highest BCUT2D eigenvalue weighted by molar-refractivity contribution is 5.71. The van der Waals surface area contributed by atoms with Crippen LogP contribution in [0.15, 0.2) is 59.4 Å². The quantitative estimate of drug-likeness (QED) is 0.672. The molecule has 122 valence electrons. The molecular formula is C18H16N2O4. The van der Waals surface area contributed by atoms with Crippen molar-refractivity contribution >= 4 is 11.6 Å². The minimum absolute atomic E-state index is 0.0728. The van der Waals surface area contributed by atoms with Gasteiger partial charge in [0.2, 0.25) is 0 Å². The molecule has 0 amide bonds. The first kappa shape index (κ1) is 15.7. The molecule has 0 saturated carbocycles. The van der Waals surface area contributed by atoms with E-state index in [4.69, 9.17) is 9.47 Å². The molecule has 0 spiro atoms. The Balaban J connectivity index is 1.63. The number of benzene rings is 1. The maximum atomic E-state index is 12.1. The van der Waals surface area contributed by atoms with Crippen LogP contribution in [0.1, 0.15) is 11.4 Å². The number of esters is 1. The highest BCUT2D eigenvalue weighted by Crippen LogP contribution is 2.08. The van der Waals surface area contributed by atoms with Gasteiger partial charge in [0.25, 0.3) is 5.56 Å². The molecule has 2 heterocycles. The standard InChI is InChI=1S/C18H16N2O4/c1-13-6-5-9-16-19-14(10-17(21)20(13)16)11-24-18(22)12-23-15-7-3-2-4-8-15/h2-10H,11-12H2,1H3. The van der Waals surface area contributed by atoms with Gasteiger partial charge in [0.15, 0.2) is 6.61 Å². The van der Waals surface area contributed by atoms with Crippen LogP contribution in [-0.4, -0.2) is 22.0 Å².